The summed E-state index contributed by atoms with van der Waals surface area (Å²) >= 11 is 0. The van der Waals surface area contributed by atoms with Crippen molar-refractivity contribution in [3.05, 3.63) is 11.8 Å². The summed E-state index contributed by atoms with van der Waals surface area (Å²) in [6.07, 6.45) is 3.54. The van der Waals surface area contributed by atoms with Crippen molar-refractivity contribution in [1.29, 1.82) is 0 Å². The van der Waals surface area contributed by atoms with Crippen molar-refractivity contribution < 1.29 is 13.2 Å². The van der Waals surface area contributed by atoms with E-state index in [9.17, 15) is 8.78 Å². The largest absolute Gasteiger partial charge is 0.425 e. The van der Waals surface area contributed by atoms with Crippen molar-refractivity contribution in [2.24, 2.45) is 0 Å². The molecule has 0 aromatic carbocycles. The zero-order chi connectivity index (χ0) is 14.4. The van der Waals surface area contributed by atoms with E-state index in [1.165, 1.54) is 0 Å². The van der Waals surface area contributed by atoms with Gasteiger partial charge in [-0.2, -0.15) is 0 Å². The highest BCUT2D eigenvalue weighted by molar-refractivity contribution is 4.96. The molecule has 6 heteroatoms. The summed E-state index contributed by atoms with van der Waals surface area (Å²) in [6.45, 7) is 4.08. The number of halogens is 2. The van der Waals surface area contributed by atoms with Gasteiger partial charge in [0.2, 0.25) is 17.7 Å². The van der Waals surface area contributed by atoms with E-state index in [2.05, 4.69) is 22.4 Å². The molecule has 0 bridgehead atoms. The van der Waals surface area contributed by atoms with Gasteiger partial charge in [0.15, 0.2) is 0 Å². The monoisotopic (exact) mass is 287 g/mol. The second-order valence-electron chi connectivity index (χ2n) is 5.52. The van der Waals surface area contributed by atoms with E-state index in [-0.39, 0.29) is 18.8 Å². The van der Waals surface area contributed by atoms with Crippen molar-refractivity contribution in [3.8, 4) is 0 Å². The first kappa shape index (κ1) is 15.4. The Morgan fingerprint density at radius 2 is 2.00 bits per heavy atom. The molecule has 1 saturated carbocycles. The summed E-state index contributed by atoms with van der Waals surface area (Å²) in [5.74, 6) is -1.34. The fraction of sp³-hybridized carbons (Fsp3) is 0.857. The number of alkyl halides is 2. The van der Waals surface area contributed by atoms with Crippen molar-refractivity contribution >= 4 is 0 Å². The minimum absolute atomic E-state index is 0.00842. The lowest BCUT2D eigenvalue weighted by molar-refractivity contribution is -0.0399. The van der Waals surface area contributed by atoms with E-state index in [4.69, 9.17) is 4.42 Å². The zero-order valence-electron chi connectivity index (χ0n) is 12.0. The molecular weight excluding hydrogens is 264 g/mol. The molecule has 20 heavy (non-hydrogen) atoms. The van der Waals surface area contributed by atoms with Gasteiger partial charge in [-0.25, -0.2) is 8.78 Å². The van der Waals surface area contributed by atoms with Gasteiger partial charge in [-0.3, -0.25) is 0 Å². The molecule has 0 amide bonds. The first-order valence-corrected chi connectivity index (χ1v) is 7.51. The normalized spacial score (nSPS) is 19.4. The molecule has 0 saturated heterocycles. The lowest BCUT2D eigenvalue weighted by Crippen LogP contribution is -2.23. The van der Waals surface area contributed by atoms with E-state index in [0.717, 1.165) is 32.4 Å². The van der Waals surface area contributed by atoms with Gasteiger partial charge < -0.3 is 9.73 Å². The van der Waals surface area contributed by atoms with Gasteiger partial charge in [-0.1, -0.05) is 6.92 Å². The molecule has 1 heterocycles. The average molecular weight is 287 g/mol. The summed E-state index contributed by atoms with van der Waals surface area (Å²) < 4.78 is 31.8. The van der Waals surface area contributed by atoms with Crippen molar-refractivity contribution in [2.45, 2.75) is 63.7 Å². The van der Waals surface area contributed by atoms with Gasteiger partial charge in [-0.15, -0.1) is 10.2 Å². The van der Waals surface area contributed by atoms with Gasteiger partial charge in [0, 0.05) is 25.2 Å². The summed E-state index contributed by atoms with van der Waals surface area (Å²) in [5, 5.41) is 11.3. The molecule has 0 aliphatic heterocycles. The molecule has 1 aliphatic carbocycles. The smallest absolute Gasteiger partial charge is 0.248 e. The lowest BCUT2D eigenvalue weighted by Gasteiger charge is -2.25. The van der Waals surface area contributed by atoms with Crippen LogP contribution < -0.4 is 5.32 Å². The minimum atomic E-state index is -2.51. The number of nitrogens with one attached hydrogen (secondary N) is 1. The van der Waals surface area contributed by atoms with Crippen LogP contribution in [0, 0.1) is 0 Å². The van der Waals surface area contributed by atoms with E-state index in [0.29, 0.717) is 24.6 Å². The van der Waals surface area contributed by atoms with Gasteiger partial charge in [0.25, 0.3) is 0 Å². The summed E-state index contributed by atoms with van der Waals surface area (Å²) in [4.78, 5) is 0. The van der Waals surface area contributed by atoms with Crippen LogP contribution in [0.15, 0.2) is 4.42 Å². The first-order chi connectivity index (χ1) is 9.61. The van der Waals surface area contributed by atoms with Crippen molar-refractivity contribution in [1.82, 2.24) is 15.5 Å². The standard InChI is InChI=1S/C14H23F2N3O/c1-2-9-17-10-3-4-12-18-19-13(20-12)11-5-7-14(15,16)8-6-11/h11,17H,2-10H2,1H3. The topological polar surface area (TPSA) is 51.0 Å². The van der Waals surface area contributed by atoms with Crippen LogP contribution >= 0.6 is 0 Å². The van der Waals surface area contributed by atoms with Gasteiger partial charge >= 0.3 is 0 Å². The number of rotatable bonds is 7. The van der Waals surface area contributed by atoms with Crippen LogP contribution in [-0.4, -0.2) is 29.2 Å². The Kier molecular flexibility index (Phi) is 5.46. The van der Waals surface area contributed by atoms with Crippen LogP contribution in [0.3, 0.4) is 0 Å². The molecule has 0 unspecified atom stereocenters. The van der Waals surface area contributed by atoms with Gasteiger partial charge in [0.1, 0.15) is 0 Å². The first-order valence-electron chi connectivity index (χ1n) is 7.51. The number of nitrogens with zero attached hydrogens (tertiary/aromatic N) is 2. The van der Waals surface area contributed by atoms with Gasteiger partial charge in [-0.05, 0) is 38.8 Å². The second-order valence-corrected chi connectivity index (χ2v) is 5.52. The Bertz CT molecular complexity index is 399. The maximum atomic E-state index is 13.1. The zero-order valence-corrected chi connectivity index (χ0v) is 12.0. The molecule has 1 fully saturated rings. The predicted octanol–water partition coefficient (Wildman–Crippen LogP) is 3.29. The number of hydrogen-bond donors (Lipinski definition) is 1. The third kappa shape index (κ3) is 4.51. The average Bonchev–Trinajstić information content (AvgIpc) is 2.87. The molecule has 114 valence electrons. The highest BCUT2D eigenvalue weighted by Crippen LogP contribution is 2.40. The Balaban J connectivity index is 1.75. The molecule has 4 nitrogen and oxygen atoms in total. The van der Waals surface area contributed by atoms with Crippen molar-refractivity contribution in [3.63, 3.8) is 0 Å². The molecule has 1 aromatic rings. The Morgan fingerprint density at radius 3 is 2.70 bits per heavy atom. The van der Waals surface area contributed by atoms with Crippen LogP contribution in [0.25, 0.3) is 0 Å². The van der Waals surface area contributed by atoms with Crippen LogP contribution in [0.4, 0.5) is 8.78 Å². The molecule has 1 aliphatic rings. The molecule has 0 radical (unpaired) electrons. The van der Waals surface area contributed by atoms with Crippen LogP contribution in [0.1, 0.15) is 63.1 Å². The SMILES string of the molecule is CCCNCCCc1nnc(C2CCC(F)(F)CC2)o1. The minimum Gasteiger partial charge on any atom is -0.425 e. The fourth-order valence-corrected chi connectivity index (χ4v) is 2.49. The Labute approximate surface area is 118 Å². The Hall–Kier alpha value is -1.04. The predicted molar refractivity (Wildman–Crippen MR) is 71.9 cm³/mol. The van der Waals surface area contributed by atoms with Gasteiger partial charge in [0.05, 0.1) is 0 Å². The van der Waals surface area contributed by atoms with E-state index in [1.54, 1.807) is 0 Å². The highest BCUT2D eigenvalue weighted by atomic mass is 19.3. The molecule has 2 rings (SSSR count). The van der Waals surface area contributed by atoms with E-state index < -0.39 is 5.92 Å². The van der Waals surface area contributed by atoms with E-state index in [1.807, 2.05) is 0 Å². The third-order valence-corrected chi connectivity index (χ3v) is 3.72. The van der Waals surface area contributed by atoms with E-state index >= 15 is 0 Å². The maximum absolute atomic E-state index is 13.1. The molecule has 0 atom stereocenters. The van der Waals surface area contributed by atoms with Crippen LogP contribution in [0.2, 0.25) is 0 Å². The summed E-state index contributed by atoms with van der Waals surface area (Å²) in [5.41, 5.74) is 0. The Morgan fingerprint density at radius 1 is 1.25 bits per heavy atom. The highest BCUT2D eigenvalue weighted by Gasteiger charge is 2.37. The van der Waals surface area contributed by atoms with Crippen LogP contribution in [0.5, 0.6) is 0 Å². The fourth-order valence-electron chi connectivity index (χ4n) is 2.49. The lowest BCUT2D eigenvalue weighted by atomic mass is 9.87. The summed E-state index contributed by atoms with van der Waals surface area (Å²) in [6, 6.07) is 0. The third-order valence-electron chi connectivity index (χ3n) is 3.72. The number of aryl methyl sites for hydroxylation is 1. The maximum Gasteiger partial charge on any atom is 0.248 e. The molecular formula is C14H23F2N3O. The van der Waals surface area contributed by atoms with Crippen molar-refractivity contribution in [2.75, 3.05) is 13.1 Å². The van der Waals surface area contributed by atoms with Crippen LogP contribution in [-0.2, 0) is 6.42 Å². The molecule has 1 N–H and O–H groups in total. The number of aromatic nitrogens is 2. The second kappa shape index (κ2) is 7.11. The number of hydrogen-bond acceptors (Lipinski definition) is 4. The summed E-state index contributed by atoms with van der Waals surface area (Å²) in [7, 11) is 0. The molecule has 0 spiro atoms. The molecule has 1 aromatic heterocycles. The quantitative estimate of drug-likeness (QED) is 0.782.